The molecule has 2 aromatic heterocycles. The van der Waals surface area contributed by atoms with Crippen LogP contribution >= 0.6 is 0 Å². The number of oxazole rings is 1. The maximum absolute atomic E-state index is 13.5. The van der Waals surface area contributed by atoms with Gasteiger partial charge in [-0.2, -0.15) is 18.2 Å². The fourth-order valence-corrected chi connectivity index (χ4v) is 3.51. The average Bonchev–Trinajstić information content (AvgIpc) is 3.27. The molecule has 0 unspecified atom stereocenters. The van der Waals surface area contributed by atoms with Crippen LogP contribution in [0.15, 0.2) is 22.7 Å². The first-order valence-electron chi connectivity index (χ1n) is 10.1. The van der Waals surface area contributed by atoms with Gasteiger partial charge < -0.3 is 34.3 Å². The largest absolute Gasteiger partial charge is 0.465 e. The van der Waals surface area contributed by atoms with Gasteiger partial charge in [-0.05, 0) is 12.1 Å². The minimum atomic E-state index is -4.87. The fourth-order valence-electron chi connectivity index (χ4n) is 3.51. The number of hydrogen-bond acceptors (Lipinski definition) is 8. The van der Waals surface area contributed by atoms with Crippen LogP contribution in [0.2, 0.25) is 0 Å². The van der Waals surface area contributed by atoms with Crippen molar-refractivity contribution in [2.24, 2.45) is 0 Å². The molecule has 11 nitrogen and oxygen atoms in total. The topological polar surface area (TPSA) is 124 Å². The second-order valence-corrected chi connectivity index (χ2v) is 7.39. The minimum Gasteiger partial charge on any atom is -0.465 e. The van der Waals surface area contributed by atoms with E-state index < -0.39 is 29.6 Å². The Kier molecular flexibility index (Phi) is 6.26. The predicted octanol–water partition coefficient (Wildman–Crippen LogP) is 1.98. The number of nitrogens with zero attached hydrogens (tertiary/aromatic N) is 5. The van der Waals surface area contributed by atoms with E-state index in [9.17, 15) is 22.8 Å². The van der Waals surface area contributed by atoms with Crippen LogP contribution in [0.4, 0.5) is 35.5 Å². The van der Waals surface area contributed by atoms with E-state index in [1.54, 1.807) is 6.07 Å². The Morgan fingerprint density at radius 1 is 1.03 bits per heavy atom. The minimum absolute atomic E-state index is 0.172. The Morgan fingerprint density at radius 2 is 1.73 bits per heavy atom. The third-order valence-electron chi connectivity index (χ3n) is 5.25. The molecule has 2 aliphatic rings. The van der Waals surface area contributed by atoms with Gasteiger partial charge >= 0.3 is 12.3 Å². The molecule has 2 saturated heterocycles. The Labute approximate surface area is 185 Å². The Hall–Kier alpha value is -3.55. The van der Waals surface area contributed by atoms with Gasteiger partial charge in [-0.25, -0.2) is 9.78 Å². The van der Waals surface area contributed by atoms with Gasteiger partial charge in [0.1, 0.15) is 5.82 Å². The lowest BCUT2D eigenvalue weighted by molar-refractivity contribution is -0.141. The number of piperazine rings is 1. The second kappa shape index (κ2) is 9.13. The standard InChI is InChI=1S/C19H21F3N6O5/c20-19(21,22)15-14(33-17(25-15)27-7-9-32-10-8-27)16(29)24-12-1-2-13(23-11-12)26-3-5-28(6-4-26)18(30)31/h1-2,11H,3-10H2,(H,24,29)(H,30,31). The lowest BCUT2D eigenvalue weighted by Gasteiger charge is -2.33. The van der Waals surface area contributed by atoms with E-state index in [0.717, 1.165) is 0 Å². The zero-order valence-corrected chi connectivity index (χ0v) is 17.3. The highest BCUT2D eigenvalue weighted by Crippen LogP contribution is 2.34. The molecule has 33 heavy (non-hydrogen) atoms. The molecule has 0 atom stereocenters. The molecule has 2 fully saturated rings. The monoisotopic (exact) mass is 470 g/mol. The van der Waals surface area contributed by atoms with Gasteiger partial charge in [0, 0.05) is 39.3 Å². The van der Waals surface area contributed by atoms with Crippen molar-refractivity contribution in [1.82, 2.24) is 14.9 Å². The van der Waals surface area contributed by atoms with E-state index in [0.29, 0.717) is 58.3 Å². The predicted molar refractivity (Wildman–Crippen MR) is 109 cm³/mol. The Morgan fingerprint density at radius 3 is 2.30 bits per heavy atom. The summed E-state index contributed by atoms with van der Waals surface area (Å²) in [7, 11) is 0. The highest BCUT2D eigenvalue weighted by molar-refractivity contribution is 6.03. The normalized spacial score (nSPS) is 17.2. The third kappa shape index (κ3) is 5.10. The number of anilines is 3. The number of hydrogen-bond donors (Lipinski definition) is 2. The second-order valence-electron chi connectivity index (χ2n) is 7.39. The number of rotatable bonds is 4. The summed E-state index contributed by atoms with van der Waals surface area (Å²) in [6, 6.07) is 2.80. The number of aromatic nitrogens is 2. The van der Waals surface area contributed by atoms with Crippen LogP contribution in [0.3, 0.4) is 0 Å². The molecular weight excluding hydrogens is 449 g/mol. The van der Waals surface area contributed by atoms with Crippen LogP contribution in [0, 0.1) is 0 Å². The van der Waals surface area contributed by atoms with Crippen LogP contribution in [-0.4, -0.2) is 84.5 Å². The molecular formula is C19H21F3N6O5. The van der Waals surface area contributed by atoms with E-state index in [-0.39, 0.29) is 11.7 Å². The van der Waals surface area contributed by atoms with Crippen molar-refractivity contribution < 1.29 is 37.0 Å². The molecule has 14 heteroatoms. The zero-order chi connectivity index (χ0) is 23.6. The molecule has 2 aliphatic heterocycles. The molecule has 178 valence electrons. The zero-order valence-electron chi connectivity index (χ0n) is 17.3. The summed E-state index contributed by atoms with van der Waals surface area (Å²) in [5.74, 6) is -1.47. The number of nitrogens with one attached hydrogen (secondary N) is 1. The van der Waals surface area contributed by atoms with Crippen LogP contribution in [-0.2, 0) is 10.9 Å². The van der Waals surface area contributed by atoms with Crippen molar-refractivity contribution in [3.8, 4) is 0 Å². The van der Waals surface area contributed by atoms with Gasteiger partial charge in [-0.3, -0.25) is 4.79 Å². The third-order valence-corrected chi connectivity index (χ3v) is 5.25. The van der Waals surface area contributed by atoms with Crippen molar-refractivity contribution >= 4 is 29.5 Å². The molecule has 4 heterocycles. The number of carbonyl (C=O) groups excluding carboxylic acids is 1. The number of carbonyl (C=O) groups is 2. The van der Waals surface area contributed by atoms with Crippen molar-refractivity contribution in [3.63, 3.8) is 0 Å². The first-order chi connectivity index (χ1) is 15.7. The molecule has 0 aromatic carbocycles. The first kappa shape index (κ1) is 22.6. The summed E-state index contributed by atoms with van der Waals surface area (Å²) in [4.78, 5) is 36.0. The van der Waals surface area contributed by atoms with Gasteiger partial charge in [0.25, 0.3) is 11.9 Å². The van der Waals surface area contributed by atoms with E-state index in [2.05, 4.69) is 15.3 Å². The van der Waals surface area contributed by atoms with Gasteiger partial charge in [-0.15, -0.1) is 0 Å². The van der Waals surface area contributed by atoms with E-state index in [1.165, 1.54) is 22.1 Å². The number of morpholine rings is 1. The SMILES string of the molecule is O=C(Nc1ccc(N2CCN(C(=O)O)CC2)nc1)c1oc(N2CCOCC2)nc1C(F)(F)F. The number of halogens is 3. The fraction of sp³-hybridized carbons (Fsp3) is 0.474. The number of ether oxygens (including phenoxy) is 1. The molecule has 4 rings (SSSR count). The molecule has 0 bridgehead atoms. The molecule has 0 spiro atoms. The molecule has 2 amide bonds. The van der Waals surface area contributed by atoms with E-state index in [1.807, 2.05) is 4.90 Å². The Bertz CT molecular complexity index is 998. The molecule has 2 aromatic rings. The van der Waals surface area contributed by atoms with Crippen molar-refractivity contribution in [3.05, 3.63) is 29.8 Å². The van der Waals surface area contributed by atoms with Crippen LogP contribution < -0.4 is 15.1 Å². The van der Waals surface area contributed by atoms with Crippen LogP contribution in [0.5, 0.6) is 0 Å². The summed E-state index contributed by atoms with van der Waals surface area (Å²) >= 11 is 0. The molecule has 0 radical (unpaired) electrons. The lowest BCUT2D eigenvalue weighted by Crippen LogP contribution is -2.48. The quantitative estimate of drug-likeness (QED) is 0.690. The maximum Gasteiger partial charge on any atom is 0.437 e. The van der Waals surface area contributed by atoms with Gasteiger partial charge in [0.15, 0.2) is 5.69 Å². The highest BCUT2D eigenvalue weighted by Gasteiger charge is 2.42. The summed E-state index contributed by atoms with van der Waals surface area (Å²) < 4.78 is 50.8. The molecule has 0 aliphatic carbocycles. The smallest absolute Gasteiger partial charge is 0.437 e. The highest BCUT2D eigenvalue weighted by atomic mass is 19.4. The van der Waals surface area contributed by atoms with Gasteiger partial charge in [0.05, 0.1) is 25.1 Å². The lowest BCUT2D eigenvalue weighted by atomic mass is 10.3. The average molecular weight is 470 g/mol. The number of carboxylic acid groups (broad SMARTS) is 1. The molecule has 0 saturated carbocycles. The summed E-state index contributed by atoms with van der Waals surface area (Å²) in [5.41, 5.74) is -1.23. The number of alkyl halides is 3. The van der Waals surface area contributed by atoms with Gasteiger partial charge in [0.2, 0.25) is 5.76 Å². The van der Waals surface area contributed by atoms with Crippen molar-refractivity contribution in [2.45, 2.75) is 6.18 Å². The van der Waals surface area contributed by atoms with Gasteiger partial charge in [-0.1, -0.05) is 0 Å². The van der Waals surface area contributed by atoms with Crippen LogP contribution in [0.25, 0.3) is 0 Å². The number of amides is 2. The summed E-state index contributed by atoms with van der Waals surface area (Å²) in [6.45, 7) is 2.77. The molecule has 2 N–H and O–H groups in total. The Balaban J connectivity index is 1.45. The van der Waals surface area contributed by atoms with E-state index in [4.69, 9.17) is 14.3 Å². The van der Waals surface area contributed by atoms with Crippen molar-refractivity contribution in [2.75, 3.05) is 67.6 Å². The van der Waals surface area contributed by atoms with Crippen molar-refractivity contribution in [1.29, 1.82) is 0 Å². The summed E-state index contributed by atoms with van der Waals surface area (Å²) in [6.07, 6.45) is -4.55. The number of pyridine rings is 1. The van der Waals surface area contributed by atoms with Crippen LogP contribution in [0.1, 0.15) is 16.2 Å². The van der Waals surface area contributed by atoms with E-state index >= 15 is 0 Å². The maximum atomic E-state index is 13.5. The summed E-state index contributed by atoms with van der Waals surface area (Å²) in [5, 5.41) is 11.4. The first-order valence-corrected chi connectivity index (χ1v) is 10.1.